The molecular formula is C22H26F3N3O5. The summed E-state index contributed by atoms with van der Waals surface area (Å²) in [5.41, 5.74) is 1.40. The van der Waals surface area contributed by atoms with Gasteiger partial charge in [-0.15, -0.1) is 0 Å². The first kappa shape index (κ1) is 24.7. The molecule has 180 valence electrons. The zero-order valence-electron chi connectivity index (χ0n) is 18.3. The Bertz CT molecular complexity index is 951. The predicted octanol–water partition coefficient (Wildman–Crippen LogP) is 2.98. The van der Waals surface area contributed by atoms with Crippen LogP contribution in [0.25, 0.3) is 0 Å². The molecule has 3 atom stereocenters. The van der Waals surface area contributed by atoms with Crippen LogP contribution < -0.4 is 0 Å². The molecule has 4 heterocycles. The van der Waals surface area contributed by atoms with Gasteiger partial charge in [0.25, 0.3) is 5.91 Å². The molecule has 1 N–H and O–H groups in total. The molecule has 0 aromatic carbocycles. The Kier molecular flexibility index (Phi) is 7.75. The van der Waals surface area contributed by atoms with Gasteiger partial charge in [0.15, 0.2) is 0 Å². The van der Waals surface area contributed by atoms with E-state index >= 15 is 0 Å². The number of carboxylic acid groups (broad SMARTS) is 1. The topological polar surface area (TPSA) is 96.1 Å². The third-order valence-electron chi connectivity index (χ3n) is 5.81. The summed E-state index contributed by atoms with van der Waals surface area (Å²) < 4.78 is 43.0. The molecule has 0 radical (unpaired) electrons. The average molecular weight is 469 g/mol. The van der Waals surface area contributed by atoms with Gasteiger partial charge in [0.1, 0.15) is 11.5 Å². The van der Waals surface area contributed by atoms with Gasteiger partial charge < -0.3 is 19.2 Å². The molecule has 1 amide bonds. The molecule has 0 aliphatic carbocycles. The minimum Gasteiger partial charge on any atom is -0.475 e. The summed E-state index contributed by atoms with van der Waals surface area (Å²) in [6.45, 7) is 5.14. The highest BCUT2D eigenvalue weighted by molar-refractivity contribution is 5.92. The Labute approximate surface area is 188 Å². The lowest BCUT2D eigenvalue weighted by atomic mass is 9.88. The number of aliphatic carboxylic acids is 1. The third kappa shape index (κ3) is 6.11. The Morgan fingerprint density at radius 2 is 1.97 bits per heavy atom. The highest BCUT2D eigenvalue weighted by Crippen LogP contribution is 2.34. The minimum absolute atomic E-state index is 0.0260. The lowest BCUT2D eigenvalue weighted by Gasteiger charge is -2.41. The van der Waals surface area contributed by atoms with E-state index in [1.807, 2.05) is 42.2 Å². The Hall–Kier alpha value is -2.92. The number of carboxylic acids is 1. The molecule has 2 aromatic rings. The van der Waals surface area contributed by atoms with E-state index in [1.165, 1.54) is 0 Å². The zero-order valence-corrected chi connectivity index (χ0v) is 18.3. The van der Waals surface area contributed by atoms with E-state index in [0.717, 1.165) is 37.5 Å². The van der Waals surface area contributed by atoms with Crippen molar-refractivity contribution in [1.82, 2.24) is 14.8 Å². The fraction of sp³-hybridized carbons (Fsp3) is 0.500. The number of fused-ring (bicyclic) bond motifs is 1. The third-order valence-corrected chi connectivity index (χ3v) is 5.81. The maximum Gasteiger partial charge on any atom is 0.490 e. The highest BCUT2D eigenvalue weighted by Gasteiger charge is 2.46. The molecule has 0 spiro atoms. The van der Waals surface area contributed by atoms with E-state index in [-0.39, 0.29) is 18.1 Å². The van der Waals surface area contributed by atoms with Gasteiger partial charge in [-0.1, -0.05) is 6.07 Å². The highest BCUT2D eigenvalue weighted by atomic mass is 19.4. The van der Waals surface area contributed by atoms with E-state index in [0.29, 0.717) is 18.2 Å². The van der Waals surface area contributed by atoms with Crippen LogP contribution in [0.5, 0.6) is 0 Å². The first-order chi connectivity index (χ1) is 15.6. The van der Waals surface area contributed by atoms with Crippen LogP contribution >= 0.6 is 0 Å². The molecule has 2 aliphatic rings. The summed E-state index contributed by atoms with van der Waals surface area (Å²) in [6, 6.07) is 9.68. The van der Waals surface area contributed by atoms with Gasteiger partial charge in [-0.3, -0.25) is 9.69 Å². The van der Waals surface area contributed by atoms with Gasteiger partial charge in [-0.25, -0.2) is 9.78 Å². The first-order valence-electron chi connectivity index (χ1n) is 10.4. The number of amides is 1. The number of ether oxygens (including phenoxy) is 1. The molecule has 33 heavy (non-hydrogen) atoms. The SMILES string of the molecule is CO[C@H]1CCN(C(=O)c2cccc(C)n2)[C@@H]2CN(Cc3ccco3)C[C@H]12.O=C(O)C(F)(F)F. The van der Waals surface area contributed by atoms with Gasteiger partial charge in [0, 0.05) is 38.4 Å². The number of alkyl halides is 3. The van der Waals surface area contributed by atoms with Crippen LogP contribution in [-0.4, -0.2) is 76.8 Å². The van der Waals surface area contributed by atoms with Crippen LogP contribution in [-0.2, 0) is 16.1 Å². The molecule has 2 saturated heterocycles. The average Bonchev–Trinajstić information content (AvgIpc) is 3.42. The predicted molar refractivity (Wildman–Crippen MR) is 110 cm³/mol. The monoisotopic (exact) mass is 469 g/mol. The number of pyridine rings is 1. The summed E-state index contributed by atoms with van der Waals surface area (Å²) in [5.74, 6) is -1.46. The van der Waals surface area contributed by atoms with Crippen molar-refractivity contribution in [1.29, 1.82) is 0 Å². The second-order valence-corrected chi connectivity index (χ2v) is 8.03. The lowest BCUT2D eigenvalue weighted by molar-refractivity contribution is -0.192. The van der Waals surface area contributed by atoms with Crippen molar-refractivity contribution < 1.29 is 37.0 Å². The molecule has 8 nitrogen and oxygen atoms in total. The summed E-state index contributed by atoms with van der Waals surface area (Å²) in [5, 5.41) is 7.12. The molecule has 0 unspecified atom stereocenters. The Morgan fingerprint density at radius 1 is 1.24 bits per heavy atom. The molecule has 2 aliphatic heterocycles. The second-order valence-electron chi connectivity index (χ2n) is 8.03. The number of hydrogen-bond donors (Lipinski definition) is 1. The molecule has 0 bridgehead atoms. The van der Waals surface area contributed by atoms with Crippen LogP contribution in [0.15, 0.2) is 41.0 Å². The van der Waals surface area contributed by atoms with Crippen molar-refractivity contribution in [2.45, 2.75) is 38.2 Å². The largest absolute Gasteiger partial charge is 0.490 e. The fourth-order valence-corrected chi connectivity index (χ4v) is 4.34. The second kappa shape index (κ2) is 10.3. The van der Waals surface area contributed by atoms with Crippen LogP contribution in [0.2, 0.25) is 0 Å². The quantitative estimate of drug-likeness (QED) is 0.736. The van der Waals surface area contributed by atoms with E-state index in [1.54, 1.807) is 13.4 Å². The number of carbonyl (C=O) groups excluding carboxylic acids is 1. The number of likely N-dealkylation sites (tertiary alicyclic amines) is 2. The van der Waals surface area contributed by atoms with Gasteiger partial charge in [0.05, 0.1) is 25.0 Å². The number of nitrogens with zero attached hydrogens (tertiary/aromatic N) is 3. The van der Waals surface area contributed by atoms with Crippen molar-refractivity contribution in [2.75, 3.05) is 26.7 Å². The lowest BCUT2D eigenvalue weighted by Crippen LogP contribution is -2.53. The van der Waals surface area contributed by atoms with Crippen molar-refractivity contribution >= 4 is 11.9 Å². The standard InChI is InChI=1S/C20H25N3O3.C2HF3O2/c1-14-5-3-7-17(21-14)20(24)23-9-8-19(25-2)16-12-22(13-18(16)23)11-15-6-4-10-26-15;3-2(4,5)1(6)7/h3-7,10,16,18-19H,8-9,11-13H2,1-2H3;(H,6,7)/t16-,18+,19-;/m0./s1. The van der Waals surface area contributed by atoms with Crippen LogP contribution in [0.3, 0.4) is 0 Å². The maximum atomic E-state index is 13.1. The van der Waals surface area contributed by atoms with Crippen molar-refractivity contribution in [2.24, 2.45) is 5.92 Å². The Balaban J connectivity index is 0.000000383. The van der Waals surface area contributed by atoms with Crippen LogP contribution in [0, 0.1) is 12.8 Å². The molecule has 2 aromatic heterocycles. The number of piperidine rings is 1. The van der Waals surface area contributed by atoms with E-state index in [9.17, 15) is 18.0 Å². The summed E-state index contributed by atoms with van der Waals surface area (Å²) in [6.07, 6.45) is -2.32. The van der Waals surface area contributed by atoms with Crippen LogP contribution in [0.4, 0.5) is 13.2 Å². The normalized spacial score (nSPS) is 22.9. The molecular weight excluding hydrogens is 443 g/mol. The summed E-state index contributed by atoms with van der Waals surface area (Å²) in [4.78, 5) is 30.8. The molecule has 0 saturated carbocycles. The minimum atomic E-state index is -5.08. The number of hydrogen-bond acceptors (Lipinski definition) is 6. The van der Waals surface area contributed by atoms with Crippen molar-refractivity contribution in [3.05, 3.63) is 53.7 Å². The molecule has 4 rings (SSSR count). The van der Waals surface area contributed by atoms with Gasteiger partial charge in [-0.2, -0.15) is 13.2 Å². The summed E-state index contributed by atoms with van der Waals surface area (Å²) in [7, 11) is 1.77. The van der Waals surface area contributed by atoms with E-state index < -0.39 is 12.1 Å². The first-order valence-corrected chi connectivity index (χ1v) is 10.4. The number of carbonyl (C=O) groups is 2. The number of halogens is 3. The summed E-state index contributed by atoms with van der Waals surface area (Å²) >= 11 is 0. The van der Waals surface area contributed by atoms with Crippen molar-refractivity contribution in [3.63, 3.8) is 0 Å². The zero-order chi connectivity index (χ0) is 24.2. The van der Waals surface area contributed by atoms with Gasteiger partial charge in [-0.05, 0) is 37.6 Å². The van der Waals surface area contributed by atoms with Crippen LogP contribution in [0.1, 0.15) is 28.4 Å². The fourth-order valence-electron chi connectivity index (χ4n) is 4.34. The van der Waals surface area contributed by atoms with Gasteiger partial charge >= 0.3 is 12.1 Å². The van der Waals surface area contributed by atoms with E-state index in [4.69, 9.17) is 19.1 Å². The molecule has 2 fully saturated rings. The smallest absolute Gasteiger partial charge is 0.475 e. The number of aromatic nitrogens is 1. The number of methoxy groups -OCH3 is 1. The molecule has 11 heteroatoms. The number of furan rings is 1. The van der Waals surface area contributed by atoms with E-state index in [2.05, 4.69) is 9.88 Å². The maximum absolute atomic E-state index is 13.1. The number of rotatable bonds is 4. The van der Waals surface area contributed by atoms with Crippen molar-refractivity contribution in [3.8, 4) is 0 Å². The Morgan fingerprint density at radius 3 is 2.55 bits per heavy atom. The number of aryl methyl sites for hydroxylation is 1. The van der Waals surface area contributed by atoms with Gasteiger partial charge in [0.2, 0.25) is 0 Å².